The zero-order valence-electron chi connectivity index (χ0n) is 11.1. The molecule has 1 aromatic carbocycles. The van der Waals surface area contributed by atoms with Crippen molar-refractivity contribution in [1.82, 2.24) is 0 Å². The van der Waals surface area contributed by atoms with Crippen molar-refractivity contribution in [2.75, 3.05) is 7.11 Å². The Morgan fingerprint density at radius 3 is 2.76 bits per heavy atom. The van der Waals surface area contributed by atoms with E-state index in [0.29, 0.717) is 11.1 Å². The first-order valence-corrected chi connectivity index (χ1v) is 6.73. The quantitative estimate of drug-likeness (QED) is 0.531. The molecule has 1 aromatic heterocycles. The lowest BCUT2D eigenvalue weighted by molar-refractivity contribution is -0.384. The summed E-state index contributed by atoms with van der Waals surface area (Å²) in [6, 6.07) is 9.76. The van der Waals surface area contributed by atoms with E-state index in [2.05, 4.69) is 6.07 Å². The van der Waals surface area contributed by atoms with Crippen LogP contribution in [0.5, 0.6) is 5.75 Å². The van der Waals surface area contributed by atoms with E-state index in [1.165, 1.54) is 36.6 Å². The number of nitrogens with two attached hydrogens (primary N) is 1. The topological polar surface area (TPSA) is 102 Å². The van der Waals surface area contributed by atoms with Crippen molar-refractivity contribution < 1.29 is 9.66 Å². The lowest BCUT2D eigenvalue weighted by atomic mass is 10.0. The summed E-state index contributed by atoms with van der Waals surface area (Å²) >= 11 is 1.39. The molecule has 0 fully saturated rings. The van der Waals surface area contributed by atoms with Gasteiger partial charge in [0.15, 0.2) is 0 Å². The van der Waals surface area contributed by atoms with Crippen molar-refractivity contribution in [3.8, 4) is 11.8 Å². The van der Waals surface area contributed by atoms with Gasteiger partial charge < -0.3 is 10.5 Å². The SMILES string of the molecule is COc1cc([N+](=O)[O-])ccc1/C(N)=C(/C#N)c1cccs1. The number of thiophene rings is 1. The third-order valence-electron chi connectivity index (χ3n) is 2.83. The van der Waals surface area contributed by atoms with Crippen molar-refractivity contribution in [2.45, 2.75) is 0 Å². The fourth-order valence-electron chi connectivity index (χ4n) is 1.82. The maximum Gasteiger partial charge on any atom is 0.273 e. The molecule has 1 heterocycles. The maximum atomic E-state index is 10.8. The third-order valence-corrected chi connectivity index (χ3v) is 3.72. The number of nitriles is 1. The second kappa shape index (κ2) is 6.07. The number of nitro groups is 1. The molecule has 0 saturated carbocycles. The number of nitro benzene ring substituents is 1. The average Bonchev–Trinajstić information content (AvgIpc) is 3.01. The Morgan fingerprint density at radius 1 is 1.48 bits per heavy atom. The molecule has 0 aliphatic rings. The second-order valence-corrected chi connectivity index (χ2v) is 4.97. The van der Waals surface area contributed by atoms with Crippen molar-refractivity contribution >= 4 is 28.3 Å². The van der Waals surface area contributed by atoms with E-state index in [1.54, 1.807) is 6.07 Å². The number of hydrogen-bond donors (Lipinski definition) is 1. The number of non-ortho nitro benzene ring substituents is 1. The molecule has 0 aliphatic heterocycles. The Hall–Kier alpha value is -2.85. The van der Waals surface area contributed by atoms with Gasteiger partial charge in [0.2, 0.25) is 0 Å². The number of methoxy groups -OCH3 is 1. The van der Waals surface area contributed by atoms with Crippen LogP contribution in [0.25, 0.3) is 11.3 Å². The average molecular weight is 301 g/mol. The van der Waals surface area contributed by atoms with Crippen LogP contribution < -0.4 is 10.5 Å². The zero-order chi connectivity index (χ0) is 15.4. The highest BCUT2D eigenvalue weighted by Crippen LogP contribution is 2.32. The van der Waals surface area contributed by atoms with Gasteiger partial charge in [0, 0.05) is 16.5 Å². The predicted octanol–water partition coefficient (Wildman–Crippen LogP) is 3.02. The van der Waals surface area contributed by atoms with Gasteiger partial charge in [-0.05, 0) is 17.5 Å². The molecule has 7 heteroatoms. The molecular formula is C14H11N3O3S. The van der Waals surface area contributed by atoms with Gasteiger partial charge in [-0.2, -0.15) is 5.26 Å². The van der Waals surface area contributed by atoms with Gasteiger partial charge in [0.05, 0.1) is 29.4 Å². The summed E-state index contributed by atoms with van der Waals surface area (Å²) in [4.78, 5) is 11.0. The Bertz CT molecular complexity index is 745. The number of nitrogens with zero attached hydrogens (tertiary/aromatic N) is 2. The molecular weight excluding hydrogens is 290 g/mol. The van der Waals surface area contributed by atoms with Crippen molar-refractivity contribution in [3.63, 3.8) is 0 Å². The van der Waals surface area contributed by atoms with Gasteiger partial charge in [-0.3, -0.25) is 10.1 Å². The first-order chi connectivity index (χ1) is 10.1. The van der Waals surface area contributed by atoms with Gasteiger partial charge in [-0.15, -0.1) is 11.3 Å². The Labute approximate surface area is 124 Å². The zero-order valence-corrected chi connectivity index (χ0v) is 11.9. The van der Waals surface area contributed by atoms with E-state index in [9.17, 15) is 15.4 Å². The fraction of sp³-hybridized carbons (Fsp3) is 0.0714. The normalized spacial score (nSPS) is 11.4. The molecule has 21 heavy (non-hydrogen) atoms. The molecule has 106 valence electrons. The van der Waals surface area contributed by atoms with Crippen LogP contribution in [0, 0.1) is 21.4 Å². The van der Waals surface area contributed by atoms with Crippen LogP contribution in [0.1, 0.15) is 10.4 Å². The lowest BCUT2D eigenvalue weighted by Gasteiger charge is -2.10. The fourth-order valence-corrected chi connectivity index (χ4v) is 2.55. The molecule has 0 unspecified atom stereocenters. The summed E-state index contributed by atoms with van der Waals surface area (Å²) in [5.41, 5.74) is 6.96. The van der Waals surface area contributed by atoms with Crippen LogP contribution in [0.4, 0.5) is 5.69 Å². The summed E-state index contributed by atoms with van der Waals surface area (Å²) in [5.74, 6) is 0.256. The van der Waals surface area contributed by atoms with Crippen molar-refractivity contribution in [2.24, 2.45) is 5.73 Å². The molecule has 0 bridgehead atoms. The third kappa shape index (κ3) is 2.85. The summed E-state index contributed by atoms with van der Waals surface area (Å²) in [5, 5.41) is 21.9. The van der Waals surface area contributed by atoms with Crippen LogP contribution in [0.3, 0.4) is 0 Å². The lowest BCUT2D eigenvalue weighted by Crippen LogP contribution is -2.03. The summed E-state index contributed by atoms with van der Waals surface area (Å²) in [6.45, 7) is 0. The minimum absolute atomic E-state index is 0.0990. The smallest absolute Gasteiger partial charge is 0.273 e. The largest absolute Gasteiger partial charge is 0.496 e. The maximum absolute atomic E-state index is 10.8. The predicted molar refractivity (Wildman–Crippen MR) is 80.6 cm³/mol. The molecule has 2 N–H and O–H groups in total. The van der Waals surface area contributed by atoms with Crippen LogP contribution in [0.15, 0.2) is 35.7 Å². The van der Waals surface area contributed by atoms with Crippen LogP contribution in [-0.4, -0.2) is 12.0 Å². The van der Waals surface area contributed by atoms with Gasteiger partial charge in [0.25, 0.3) is 5.69 Å². The van der Waals surface area contributed by atoms with E-state index in [4.69, 9.17) is 10.5 Å². The molecule has 0 radical (unpaired) electrons. The highest BCUT2D eigenvalue weighted by molar-refractivity contribution is 7.11. The minimum Gasteiger partial charge on any atom is -0.496 e. The van der Waals surface area contributed by atoms with Gasteiger partial charge in [0.1, 0.15) is 11.8 Å². The van der Waals surface area contributed by atoms with Gasteiger partial charge in [-0.1, -0.05) is 6.07 Å². The molecule has 0 saturated heterocycles. The van der Waals surface area contributed by atoms with E-state index in [-0.39, 0.29) is 17.1 Å². The Kier molecular flexibility index (Phi) is 4.21. The molecule has 0 atom stereocenters. The van der Waals surface area contributed by atoms with Crippen LogP contribution >= 0.6 is 11.3 Å². The van der Waals surface area contributed by atoms with E-state index in [1.807, 2.05) is 11.4 Å². The van der Waals surface area contributed by atoms with Crippen molar-refractivity contribution in [1.29, 1.82) is 5.26 Å². The number of rotatable bonds is 4. The summed E-state index contributed by atoms with van der Waals surface area (Å²) in [7, 11) is 1.40. The van der Waals surface area contributed by atoms with E-state index >= 15 is 0 Å². The standard InChI is InChI=1S/C14H11N3O3S/c1-20-12-7-9(17(18)19)4-5-10(12)14(16)11(8-15)13-3-2-6-21-13/h2-7H,16H2,1H3/b14-11+. The highest BCUT2D eigenvalue weighted by atomic mass is 32.1. The van der Waals surface area contributed by atoms with E-state index in [0.717, 1.165) is 4.88 Å². The molecule has 2 aromatic rings. The molecule has 0 spiro atoms. The second-order valence-electron chi connectivity index (χ2n) is 4.02. The molecule has 2 rings (SSSR count). The minimum atomic E-state index is -0.517. The first kappa shape index (κ1) is 14.6. The molecule has 6 nitrogen and oxygen atoms in total. The number of ether oxygens (including phenoxy) is 1. The Morgan fingerprint density at radius 2 is 2.24 bits per heavy atom. The molecule has 0 amide bonds. The summed E-state index contributed by atoms with van der Waals surface area (Å²) < 4.78 is 5.14. The summed E-state index contributed by atoms with van der Waals surface area (Å²) in [6.07, 6.45) is 0. The number of hydrogen-bond acceptors (Lipinski definition) is 6. The van der Waals surface area contributed by atoms with Crippen molar-refractivity contribution in [3.05, 3.63) is 56.3 Å². The Balaban J connectivity index is 2.60. The van der Waals surface area contributed by atoms with Gasteiger partial charge >= 0.3 is 0 Å². The van der Waals surface area contributed by atoms with Gasteiger partial charge in [-0.25, -0.2) is 0 Å². The number of allylic oxidation sites excluding steroid dienone is 1. The van der Waals surface area contributed by atoms with Crippen LogP contribution in [0.2, 0.25) is 0 Å². The first-order valence-electron chi connectivity index (χ1n) is 5.85. The monoisotopic (exact) mass is 301 g/mol. The number of benzene rings is 1. The van der Waals surface area contributed by atoms with Crippen LogP contribution in [-0.2, 0) is 0 Å². The molecule has 0 aliphatic carbocycles. The highest BCUT2D eigenvalue weighted by Gasteiger charge is 2.16. The van der Waals surface area contributed by atoms with E-state index < -0.39 is 4.92 Å².